The number of nitrogens with one attached hydrogen (secondary N) is 4. The molecule has 0 saturated heterocycles. The maximum Gasteiger partial charge on any atom is 0.320 e. The molecule has 0 aliphatic heterocycles. The number of hydrogen-bond acceptors (Lipinski definition) is 5. The van der Waals surface area contributed by atoms with Gasteiger partial charge in [-0.05, 0) is 19.1 Å². The predicted octanol–water partition coefficient (Wildman–Crippen LogP) is 2.95. The summed E-state index contributed by atoms with van der Waals surface area (Å²) in [6.07, 6.45) is 4.67. The number of anilines is 4. The first-order chi connectivity index (χ1) is 13.5. The smallest absolute Gasteiger partial charge is 0.320 e. The average molecular weight is 379 g/mol. The molecule has 0 aliphatic rings. The van der Waals surface area contributed by atoms with Crippen LogP contribution in [0.25, 0.3) is 0 Å². The van der Waals surface area contributed by atoms with Crippen LogP contribution in [0, 0.1) is 0 Å². The van der Waals surface area contributed by atoms with E-state index in [1.54, 1.807) is 30.2 Å². The standard InChI is InChI=1S/C19H21N7O2/c1-3-20-19(28)25-17-9-16(23-13-7-5-4-6-8-13)15(11-21-17)18(27)24-14-10-22-26(2)12-14/h4-12H,3H2,1-2H3,(H,24,27)(H3,20,21,23,25,28). The Labute approximate surface area is 162 Å². The molecule has 144 valence electrons. The van der Waals surface area contributed by atoms with E-state index in [1.807, 2.05) is 37.3 Å². The second-order valence-corrected chi connectivity index (χ2v) is 5.95. The lowest BCUT2D eigenvalue weighted by molar-refractivity contribution is 0.102. The number of para-hydroxylation sites is 1. The van der Waals surface area contributed by atoms with Gasteiger partial charge in [-0.2, -0.15) is 5.10 Å². The molecule has 0 aliphatic carbocycles. The van der Waals surface area contributed by atoms with E-state index < -0.39 is 0 Å². The van der Waals surface area contributed by atoms with Gasteiger partial charge in [0.1, 0.15) is 5.82 Å². The molecule has 2 heterocycles. The molecule has 0 fully saturated rings. The van der Waals surface area contributed by atoms with Crippen LogP contribution >= 0.6 is 0 Å². The van der Waals surface area contributed by atoms with Crippen molar-refractivity contribution < 1.29 is 9.59 Å². The highest BCUT2D eigenvalue weighted by molar-refractivity contribution is 6.08. The highest BCUT2D eigenvalue weighted by atomic mass is 16.2. The summed E-state index contributed by atoms with van der Waals surface area (Å²) in [6.45, 7) is 2.31. The van der Waals surface area contributed by atoms with Crippen LogP contribution in [-0.4, -0.2) is 33.2 Å². The molecule has 0 atom stereocenters. The lowest BCUT2D eigenvalue weighted by Gasteiger charge is -2.14. The Morgan fingerprint density at radius 1 is 1.07 bits per heavy atom. The molecule has 3 rings (SSSR count). The van der Waals surface area contributed by atoms with Crippen molar-refractivity contribution in [3.05, 3.63) is 60.6 Å². The minimum atomic E-state index is -0.367. The first-order valence-electron chi connectivity index (χ1n) is 8.72. The predicted molar refractivity (Wildman–Crippen MR) is 108 cm³/mol. The zero-order valence-electron chi connectivity index (χ0n) is 15.6. The first kappa shape index (κ1) is 18.9. The number of nitrogens with zero attached hydrogens (tertiary/aromatic N) is 3. The monoisotopic (exact) mass is 379 g/mol. The van der Waals surface area contributed by atoms with Crippen LogP contribution in [0.3, 0.4) is 0 Å². The summed E-state index contributed by atoms with van der Waals surface area (Å²) in [5, 5.41) is 15.3. The van der Waals surface area contributed by atoms with Gasteiger partial charge < -0.3 is 16.0 Å². The summed E-state index contributed by atoms with van der Waals surface area (Å²) in [5.41, 5.74) is 2.21. The van der Waals surface area contributed by atoms with Gasteiger partial charge in [0.05, 0.1) is 23.1 Å². The number of pyridine rings is 1. The SMILES string of the molecule is CCNC(=O)Nc1cc(Nc2ccccc2)c(C(=O)Nc2cnn(C)c2)cn1. The fourth-order valence-electron chi connectivity index (χ4n) is 2.49. The summed E-state index contributed by atoms with van der Waals surface area (Å²) >= 11 is 0. The Morgan fingerprint density at radius 3 is 2.54 bits per heavy atom. The molecule has 0 unspecified atom stereocenters. The van der Waals surface area contributed by atoms with Gasteiger partial charge in [0.25, 0.3) is 5.91 Å². The zero-order valence-corrected chi connectivity index (χ0v) is 15.6. The van der Waals surface area contributed by atoms with Gasteiger partial charge in [0, 0.05) is 37.7 Å². The average Bonchev–Trinajstić information content (AvgIpc) is 3.07. The second-order valence-electron chi connectivity index (χ2n) is 5.95. The van der Waals surface area contributed by atoms with Gasteiger partial charge in [0.2, 0.25) is 0 Å². The Hall–Kier alpha value is -3.88. The third kappa shape index (κ3) is 4.85. The summed E-state index contributed by atoms with van der Waals surface area (Å²) < 4.78 is 1.59. The Bertz CT molecular complexity index is 969. The van der Waals surface area contributed by atoms with Gasteiger partial charge in [-0.3, -0.25) is 14.8 Å². The van der Waals surface area contributed by atoms with Gasteiger partial charge in [0.15, 0.2) is 0 Å². The number of urea groups is 1. The van der Waals surface area contributed by atoms with Crippen molar-refractivity contribution in [2.45, 2.75) is 6.92 Å². The highest BCUT2D eigenvalue weighted by Crippen LogP contribution is 2.24. The van der Waals surface area contributed by atoms with Crippen molar-refractivity contribution in [1.82, 2.24) is 20.1 Å². The largest absolute Gasteiger partial charge is 0.355 e. The molecule has 2 aromatic heterocycles. The summed E-state index contributed by atoms with van der Waals surface area (Å²) in [5.74, 6) is -0.0224. The maximum absolute atomic E-state index is 12.7. The van der Waals surface area contributed by atoms with Gasteiger partial charge >= 0.3 is 6.03 Å². The molecule has 3 amide bonds. The third-order valence-electron chi connectivity index (χ3n) is 3.74. The molecule has 0 spiro atoms. The molecule has 1 aromatic carbocycles. The Kier molecular flexibility index (Phi) is 5.85. The molecular weight excluding hydrogens is 358 g/mol. The van der Waals surface area contributed by atoms with Crippen LogP contribution < -0.4 is 21.3 Å². The minimum absolute atomic E-state index is 0.322. The fourth-order valence-corrected chi connectivity index (χ4v) is 2.49. The number of benzene rings is 1. The molecule has 4 N–H and O–H groups in total. The quantitative estimate of drug-likeness (QED) is 0.526. The lowest BCUT2D eigenvalue weighted by Crippen LogP contribution is -2.28. The van der Waals surface area contributed by atoms with Crippen molar-refractivity contribution in [3.63, 3.8) is 0 Å². The number of aryl methyl sites for hydroxylation is 1. The van der Waals surface area contributed by atoms with Crippen molar-refractivity contribution in [3.8, 4) is 0 Å². The van der Waals surface area contributed by atoms with Gasteiger partial charge in [-0.25, -0.2) is 9.78 Å². The van der Waals surface area contributed by atoms with Crippen molar-refractivity contribution in [2.24, 2.45) is 7.05 Å². The maximum atomic E-state index is 12.7. The van der Waals surface area contributed by atoms with E-state index in [0.717, 1.165) is 5.69 Å². The fraction of sp³-hybridized carbons (Fsp3) is 0.158. The molecule has 28 heavy (non-hydrogen) atoms. The Morgan fingerprint density at radius 2 is 1.86 bits per heavy atom. The normalized spacial score (nSPS) is 10.2. The number of carbonyl (C=O) groups excluding carboxylic acids is 2. The summed E-state index contributed by atoms with van der Waals surface area (Å²) in [7, 11) is 1.77. The van der Waals surface area contributed by atoms with E-state index in [4.69, 9.17) is 0 Å². The van der Waals surface area contributed by atoms with Crippen LogP contribution in [0.1, 0.15) is 17.3 Å². The van der Waals surface area contributed by atoms with Crippen LogP contribution in [-0.2, 0) is 7.05 Å². The van der Waals surface area contributed by atoms with Gasteiger partial charge in [-0.1, -0.05) is 18.2 Å². The summed E-state index contributed by atoms with van der Waals surface area (Å²) in [6, 6.07) is 10.7. The van der Waals surface area contributed by atoms with E-state index >= 15 is 0 Å². The van der Waals surface area contributed by atoms with Crippen LogP contribution in [0.5, 0.6) is 0 Å². The van der Waals surface area contributed by atoms with Crippen LogP contribution in [0.2, 0.25) is 0 Å². The van der Waals surface area contributed by atoms with Crippen molar-refractivity contribution >= 4 is 34.8 Å². The Balaban J connectivity index is 1.88. The third-order valence-corrected chi connectivity index (χ3v) is 3.74. The van der Waals surface area contributed by atoms with E-state index in [1.165, 1.54) is 6.20 Å². The zero-order chi connectivity index (χ0) is 19.9. The van der Waals surface area contributed by atoms with Crippen LogP contribution in [0.4, 0.5) is 27.7 Å². The molecule has 0 bridgehead atoms. The van der Waals surface area contributed by atoms with Crippen LogP contribution in [0.15, 0.2) is 55.0 Å². The number of amides is 3. The van der Waals surface area contributed by atoms with Crippen molar-refractivity contribution in [2.75, 3.05) is 22.5 Å². The second kappa shape index (κ2) is 8.67. The molecular formula is C19H21N7O2. The minimum Gasteiger partial charge on any atom is -0.355 e. The van der Waals surface area contributed by atoms with E-state index in [0.29, 0.717) is 29.3 Å². The first-order valence-corrected chi connectivity index (χ1v) is 8.72. The topological polar surface area (TPSA) is 113 Å². The van der Waals surface area contributed by atoms with E-state index in [9.17, 15) is 9.59 Å². The highest BCUT2D eigenvalue weighted by Gasteiger charge is 2.15. The molecule has 9 nitrogen and oxygen atoms in total. The molecule has 0 saturated carbocycles. The molecule has 9 heteroatoms. The van der Waals surface area contributed by atoms with E-state index in [2.05, 4.69) is 31.3 Å². The molecule has 0 radical (unpaired) electrons. The lowest BCUT2D eigenvalue weighted by atomic mass is 10.2. The number of hydrogen-bond donors (Lipinski definition) is 4. The molecule has 3 aromatic rings. The number of rotatable bonds is 6. The van der Waals surface area contributed by atoms with Crippen molar-refractivity contribution in [1.29, 1.82) is 0 Å². The van der Waals surface area contributed by atoms with Gasteiger partial charge in [-0.15, -0.1) is 0 Å². The summed E-state index contributed by atoms with van der Waals surface area (Å²) in [4.78, 5) is 28.7. The number of carbonyl (C=O) groups is 2. The number of aromatic nitrogens is 3. The van der Waals surface area contributed by atoms with E-state index in [-0.39, 0.29) is 11.9 Å².